The molecule has 0 atom stereocenters. The number of benzene rings is 2. The van der Waals surface area contributed by atoms with Gasteiger partial charge in [0.15, 0.2) is 12.0 Å². The molecule has 3 aromatic rings. The van der Waals surface area contributed by atoms with Crippen molar-refractivity contribution in [2.24, 2.45) is 0 Å². The molecule has 0 fully saturated rings. The molecule has 0 amide bonds. The van der Waals surface area contributed by atoms with Crippen LogP contribution in [0.25, 0.3) is 11.1 Å². The fraction of sp³-hybridized carbons (Fsp3) is 0.0667. The highest BCUT2D eigenvalue weighted by Gasteiger charge is 2.08. The standard InChI is InChI=1S/C15H10BrNO3/c16-11-3-1-10(2-4-11)7-15(18)20-12-5-6-14-13(8-12)17-9-19-14/h1-6,8-9H,7H2. The molecule has 1 heterocycles. The summed E-state index contributed by atoms with van der Waals surface area (Å²) >= 11 is 3.35. The van der Waals surface area contributed by atoms with Crippen LogP contribution in [0.1, 0.15) is 5.56 Å². The van der Waals surface area contributed by atoms with Crippen LogP contribution < -0.4 is 4.74 Å². The quantitative estimate of drug-likeness (QED) is 0.542. The van der Waals surface area contributed by atoms with E-state index >= 15 is 0 Å². The third-order valence-corrected chi connectivity index (χ3v) is 3.32. The molecule has 0 N–H and O–H groups in total. The van der Waals surface area contributed by atoms with Crippen LogP contribution in [-0.4, -0.2) is 11.0 Å². The van der Waals surface area contributed by atoms with Gasteiger partial charge in [0.1, 0.15) is 11.3 Å². The molecule has 0 saturated heterocycles. The fourth-order valence-corrected chi connectivity index (χ4v) is 2.10. The number of carbonyl (C=O) groups is 1. The zero-order valence-electron chi connectivity index (χ0n) is 10.4. The monoisotopic (exact) mass is 331 g/mol. The molecule has 1 aromatic heterocycles. The largest absolute Gasteiger partial charge is 0.443 e. The lowest BCUT2D eigenvalue weighted by Crippen LogP contribution is -2.11. The van der Waals surface area contributed by atoms with Gasteiger partial charge >= 0.3 is 5.97 Å². The molecule has 5 heteroatoms. The molecule has 3 rings (SSSR count). The van der Waals surface area contributed by atoms with Crippen LogP contribution in [0, 0.1) is 0 Å². The predicted octanol–water partition coefficient (Wildman–Crippen LogP) is 3.74. The zero-order valence-corrected chi connectivity index (χ0v) is 12.0. The molecular weight excluding hydrogens is 322 g/mol. The molecule has 0 aliphatic heterocycles. The van der Waals surface area contributed by atoms with E-state index in [0.717, 1.165) is 10.0 Å². The van der Waals surface area contributed by atoms with Gasteiger partial charge in [-0.1, -0.05) is 28.1 Å². The summed E-state index contributed by atoms with van der Waals surface area (Å²) in [5.74, 6) is 0.156. The maximum atomic E-state index is 11.9. The average Bonchev–Trinajstić information content (AvgIpc) is 2.89. The summed E-state index contributed by atoms with van der Waals surface area (Å²) in [5, 5.41) is 0. The van der Waals surface area contributed by atoms with Gasteiger partial charge in [0.25, 0.3) is 0 Å². The average molecular weight is 332 g/mol. The minimum absolute atomic E-state index is 0.226. The summed E-state index contributed by atoms with van der Waals surface area (Å²) < 4.78 is 11.4. The molecule has 4 nitrogen and oxygen atoms in total. The Morgan fingerprint density at radius 2 is 2.00 bits per heavy atom. The smallest absolute Gasteiger partial charge is 0.315 e. The van der Waals surface area contributed by atoms with E-state index in [-0.39, 0.29) is 12.4 Å². The SMILES string of the molecule is O=C(Cc1ccc(Br)cc1)Oc1ccc2ocnc2c1. The first-order valence-electron chi connectivity index (χ1n) is 5.99. The van der Waals surface area contributed by atoms with Gasteiger partial charge in [-0.15, -0.1) is 0 Å². The lowest BCUT2D eigenvalue weighted by molar-refractivity contribution is -0.133. The Morgan fingerprint density at radius 3 is 2.80 bits per heavy atom. The number of hydrogen-bond acceptors (Lipinski definition) is 4. The molecule has 0 radical (unpaired) electrons. The maximum Gasteiger partial charge on any atom is 0.315 e. The zero-order chi connectivity index (χ0) is 13.9. The van der Waals surface area contributed by atoms with Crippen LogP contribution in [0.3, 0.4) is 0 Å². The summed E-state index contributed by atoms with van der Waals surface area (Å²) in [7, 11) is 0. The lowest BCUT2D eigenvalue weighted by atomic mass is 10.1. The van der Waals surface area contributed by atoms with Crippen LogP contribution in [0.2, 0.25) is 0 Å². The van der Waals surface area contributed by atoms with E-state index in [9.17, 15) is 4.79 Å². The fourth-order valence-electron chi connectivity index (χ4n) is 1.84. The number of hydrogen-bond donors (Lipinski definition) is 0. The van der Waals surface area contributed by atoms with E-state index in [4.69, 9.17) is 9.15 Å². The van der Waals surface area contributed by atoms with Crippen molar-refractivity contribution in [1.29, 1.82) is 0 Å². The number of aromatic nitrogens is 1. The lowest BCUT2D eigenvalue weighted by Gasteiger charge is -2.04. The second kappa shape index (κ2) is 5.46. The predicted molar refractivity (Wildman–Crippen MR) is 77.5 cm³/mol. The molecule has 0 aliphatic rings. The third kappa shape index (κ3) is 2.88. The van der Waals surface area contributed by atoms with Crippen LogP contribution >= 0.6 is 15.9 Å². The second-order valence-electron chi connectivity index (χ2n) is 4.26. The Bertz CT molecular complexity index is 749. The molecule has 0 unspecified atom stereocenters. The van der Waals surface area contributed by atoms with Gasteiger partial charge in [-0.2, -0.15) is 0 Å². The molecule has 2 aromatic carbocycles. The highest BCUT2D eigenvalue weighted by Crippen LogP contribution is 2.20. The van der Waals surface area contributed by atoms with Crippen LogP contribution in [0.15, 0.2) is 57.7 Å². The topological polar surface area (TPSA) is 52.3 Å². The van der Waals surface area contributed by atoms with Crippen molar-refractivity contribution < 1.29 is 13.9 Å². The van der Waals surface area contributed by atoms with Crippen molar-refractivity contribution in [2.45, 2.75) is 6.42 Å². The van der Waals surface area contributed by atoms with Crippen LogP contribution in [-0.2, 0) is 11.2 Å². The van der Waals surface area contributed by atoms with E-state index < -0.39 is 0 Å². The number of carbonyl (C=O) groups excluding carboxylic acids is 1. The van der Waals surface area contributed by atoms with Gasteiger partial charge in [0.05, 0.1) is 6.42 Å². The Morgan fingerprint density at radius 1 is 1.20 bits per heavy atom. The van der Waals surface area contributed by atoms with Crippen molar-refractivity contribution in [3.63, 3.8) is 0 Å². The molecule has 0 aliphatic carbocycles. The minimum atomic E-state index is -0.310. The van der Waals surface area contributed by atoms with Gasteiger partial charge in [-0.05, 0) is 29.8 Å². The van der Waals surface area contributed by atoms with Crippen molar-refractivity contribution in [3.05, 3.63) is 58.9 Å². The number of rotatable bonds is 3. The van der Waals surface area contributed by atoms with E-state index in [1.807, 2.05) is 24.3 Å². The number of nitrogens with zero attached hydrogens (tertiary/aromatic N) is 1. The third-order valence-electron chi connectivity index (χ3n) is 2.80. The van der Waals surface area contributed by atoms with E-state index in [1.165, 1.54) is 6.39 Å². The van der Waals surface area contributed by atoms with Crippen molar-refractivity contribution in [3.8, 4) is 5.75 Å². The van der Waals surface area contributed by atoms with Crippen LogP contribution in [0.4, 0.5) is 0 Å². The van der Waals surface area contributed by atoms with Gasteiger partial charge in [-0.25, -0.2) is 4.98 Å². The van der Waals surface area contributed by atoms with Crippen molar-refractivity contribution in [1.82, 2.24) is 4.98 Å². The van der Waals surface area contributed by atoms with Gasteiger partial charge in [0, 0.05) is 10.5 Å². The maximum absolute atomic E-state index is 11.9. The summed E-state index contributed by atoms with van der Waals surface area (Å²) in [5.41, 5.74) is 2.23. The molecular formula is C15H10BrNO3. The van der Waals surface area contributed by atoms with E-state index in [0.29, 0.717) is 16.8 Å². The first-order chi connectivity index (χ1) is 9.70. The van der Waals surface area contributed by atoms with Crippen molar-refractivity contribution >= 4 is 33.0 Å². The Kier molecular flexibility index (Phi) is 3.52. The summed E-state index contributed by atoms with van der Waals surface area (Å²) in [6.45, 7) is 0. The summed E-state index contributed by atoms with van der Waals surface area (Å²) in [6.07, 6.45) is 1.59. The van der Waals surface area contributed by atoms with E-state index in [2.05, 4.69) is 20.9 Å². The Hall–Kier alpha value is -2.14. The number of ether oxygens (including phenoxy) is 1. The number of halogens is 1. The van der Waals surface area contributed by atoms with Crippen molar-refractivity contribution in [2.75, 3.05) is 0 Å². The molecule has 0 spiro atoms. The highest BCUT2D eigenvalue weighted by atomic mass is 79.9. The molecule has 0 saturated carbocycles. The first-order valence-corrected chi connectivity index (χ1v) is 6.78. The minimum Gasteiger partial charge on any atom is -0.443 e. The van der Waals surface area contributed by atoms with Gasteiger partial charge in [-0.3, -0.25) is 4.79 Å². The first kappa shape index (κ1) is 12.9. The molecule has 0 bridgehead atoms. The Balaban J connectivity index is 1.70. The number of fused-ring (bicyclic) bond motifs is 1. The number of oxazole rings is 1. The van der Waals surface area contributed by atoms with Crippen LogP contribution in [0.5, 0.6) is 5.75 Å². The van der Waals surface area contributed by atoms with Gasteiger partial charge in [0.2, 0.25) is 0 Å². The molecule has 100 valence electrons. The second-order valence-corrected chi connectivity index (χ2v) is 5.17. The summed E-state index contributed by atoms with van der Waals surface area (Å²) in [4.78, 5) is 15.9. The highest BCUT2D eigenvalue weighted by molar-refractivity contribution is 9.10. The number of esters is 1. The summed E-state index contributed by atoms with van der Waals surface area (Å²) in [6, 6.07) is 12.6. The van der Waals surface area contributed by atoms with Gasteiger partial charge < -0.3 is 9.15 Å². The normalized spacial score (nSPS) is 10.7. The van der Waals surface area contributed by atoms with E-state index in [1.54, 1.807) is 18.2 Å². The Labute approximate surface area is 123 Å². The molecule has 20 heavy (non-hydrogen) atoms.